The van der Waals surface area contributed by atoms with Gasteiger partial charge >= 0.3 is 6.03 Å². The average molecular weight is 422 g/mol. The van der Waals surface area contributed by atoms with Gasteiger partial charge in [0.1, 0.15) is 29.4 Å². The lowest BCUT2D eigenvalue weighted by Crippen LogP contribution is -2.54. The third kappa shape index (κ3) is 4.75. The van der Waals surface area contributed by atoms with Crippen molar-refractivity contribution in [3.05, 3.63) is 66.3 Å². The van der Waals surface area contributed by atoms with Crippen molar-refractivity contribution in [1.29, 1.82) is 0 Å². The summed E-state index contributed by atoms with van der Waals surface area (Å²) in [6.45, 7) is 6.18. The molecule has 0 bridgehead atoms. The first-order valence-corrected chi connectivity index (χ1v) is 9.54. The molecule has 1 aliphatic heterocycles. The maximum atomic E-state index is 13.1. The number of anilines is 1. The smallest absolute Gasteiger partial charge is 0.335 e. The number of carbonyl (C=O) groups is 3. The Morgan fingerprint density at radius 2 is 1.74 bits per heavy atom. The molecule has 1 fully saturated rings. The summed E-state index contributed by atoms with van der Waals surface area (Å²) in [5.41, 5.74) is 0.575. The SMILES string of the molecule is C=CCOc1cc(OC)ccc1/C=C1\C(=O)NC(=O)N(c2ccc(OCC)cc2)C1=O. The first kappa shape index (κ1) is 21.6. The molecule has 0 unspecified atom stereocenters. The van der Waals surface area contributed by atoms with Crippen LogP contribution in [0, 0.1) is 0 Å². The van der Waals surface area contributed by atoms with Crippen LogP contribution in [0.3, 0.4) is 0 Å². The Morgan fingerprint density at radius 1 is 1.03 bits per heavy atom. The first-order chi connectivity index (χ1) is 15.0. The number of rotatable bonds is 8. The molecule has 1 aliphatic rings. The summed E-state index contributed by atoms with van der Waals surface area (Å²) < 4.78 is 16.2. The van der Waals surface area contributed by atoms with Crippen molar-refractivity contribution in [2.24, 2.45) is 0 Å². The van der Waals surface area contributed by atoms with Gasteiger partial charge in [0, 0.05) is 11.6 Å². The molecule has 4 amide bonds. The Kier molecular flexibility index (Phi) is 6.71. The highest BCUT2D eigenvalue weighted by Crippen LogP contribution is 2.29. The number of nitrogens with zero attached hydrogens (tertiary/aromatic N) is 1. The van der Waals surface area contributed by atoms with Gasteiger partial charge in [-0.2, -0.15) is 0 Å². The van der Waals surface area contributed by atoms with Crippen LogP contribution in [0.2, 0.25) is 0 Å². The number of benzene rings is 2. The molecule has 0 radical (unpaired) electrons. The number of nitrogens with one attached hydrogen (secondary N) is 1. The predicted molar refractivity (Wildman–Crippen MR) is 115 cm³/mol. The molecule has 8 nitrogen and oxygen atoms in total. The number of ether oxygens (including phenoxy) is 3. The standard InChI is InChI=1S/C23H22N2O6/c1-4-12-31-20-14-18(29-3)9-6-15(20)13-19-21(26)24-23(28)25(22(19)27)16-7-10-17(11-8-16)30-5-2/h4,6-11,13-14H,1,5,12H2,2-3H3,(H,24,26,28)/b19-13+. The molecular formula is C23H22N2O6. The zero-order chi connectivity index (χ0) is 22.4. The molecule has 0 aromatic heterocycles. The van der Waals surface area contributed by atoms with E-state index in [-0.39, 0.29) is 12.2 Å². The van der Waals surface area contributed by atoms with Crippen molar-refractivity contribution in [1.82, 2.24) is 5.32 Å². The van der Waals surface area contributed by atoms with Crippen LogP contribution in [0.1, 0.15) is 12.5 Å². The molecule has 3 rings (SSSR count). The summed E-state index contributed by atoms with van der Waals surface area (Å²) in [6, 6.07) is 10.6. The van der Waals surface area contributed by atoms with Crippen LogP contribution in [-0.2, 0) is 9.59 Å². The minimum absolute atomic E-state index is 0.206. The number of urea groups is 1. The molecule has 160 valence electrons. The number of hydrogen-bond donors (Lipinski definition) is 1. The summed E-state index contributed by atoms with van der Waals surface area (Å²) in [5, 5.41) is 2.20. The molecule has 1 saturated heterocycles. The van der Waals surface area contributed by atoms with Gasteiger partial charge in [-0.25, -0.2) is 9.69 Å². The third-order valence-corrected chi connectivity index (χ3v) is 4.38. The molecule has 0 aliphatic carbocycles. The van der Waals surface area contributed by atoms with Crippen molar-refractivity contribution in [3.8, 4) is 17.2 Å². The summed E-state index contributed by atoms with van der Waals surface area (Å²) in [5.74, 6) is 0.0139. The van der Waals surface area contributed by atoms with Crippen LogP contribution in [0.25, 0.3) is 6.08 Å². The number of carbonyl (C=O) groups excluding carboxylic acids is 3. The molecule has 2 aromatic carbocycles. The summed E-state index contributed by atoms with van der Waals surface area (Å²) in [6.07, 6.45) is 2.95. The van der Waals surface area contributed by atoms with Crippen LogP contribution in [0.15, 0.2) is 60.7 Å². The van der Waals surface area contributed by atoms with E-state index in [0.717, 1.165) is 4.90 Å². The second kappa shape index (κ2) is 9.62. The lowest BCUT2D eigenvalue weighted by Gasteiger charge is -2.26. The van der Waals surface area contributed by atoms with Gasteiger partial charge in [0.05, 0.1) is 19.4 Å². The van der Waals surface area contributed by atoms with Crippen molar-refractivity contribution in [2.45, 2.75) is 6.92 Å². The van der Waals surface area contributed by atoms with Crippen LogP contribution < -0.4 is 24.4 Å². The highest BCUT2D eigenvalue weighted by molar-refractivity contribution is 6.39. The van der Waals surface area contributed by atoms with Crippen LogP contribution in [-0.4, -0.2) is 38.2 Å². The van der Waals surface area contributed by atoms with E-state index in [1.807, 2.05) is 6.92 Å². The van der Waals surface area contributed by atoms with Gasteiger partial charge in [-0.05, 0) is 49.4 Å². The van der Waals surface area contributed by atoms with Gasteiger partial charge in [0.15, 0.2) is 0 Å². The highest BCUT2D eigenvalue weighted by Gasteiger charge is 2.37. The maximum Gasteiger partial charge on any atom is 0.335 e. The van der Waals surface area contributed by atoms with Gasteiger partial charge in [-0.1, -0.05) is 12.7 Å². The molecule has 1 N–H and O–H groups in total. The van der Waals surface area contributed by atoms with Crippen LogP contribution >= 0.6 is 0 Å². The number of amides is 4. The third-order valence-electron chi connectivity index (χ3n) is 4.38. The Bertz CT molecular complexity index is 1040. The van der Waals surface area contributed by atoms with Crippen molar-refractivity contribution < 1.29 is 28.6 Å². The largest absolute Gasteiger partial charge is 0.497 e. The molecular weight excluding hydrogens is 400 g/mol. The van der Waals surface area contributed by atoms with E-state index in [1.165, 1.54) is 13.2 Å². The molecule has 0 saturated carbocycles. The van der Waals surface area contributed by atoms with Gasteiger partial charge < -0.3 is 14.2 Å². The Balaban J connectivity index is 1.98. The van der Waals surface area contributed by atoms with E-state index in [0.29, 0.717) is 35.1 Å². The number of methoxy groups -OCH3 is 1. The maximum absolute atomic E-state index is 13.1. The monoisotopic (exact) mass is 422 g/mol. The van der Waals surface area contributed by atoms with E-state index in [4.69, 9.17) is 14.2 Å². The summed E-state index contributed by atoms with van der Waals surface area (Å²) >= 11 is 0. The van der Waals surface area contributed by atoms with Gasteiger partial charge in [0.25, 0.3) is 11.8 Å². The predicted octanol–water partition coefficient (Wildman–Crippen LogP) is 3.33. The van der Waals surface area contributed by atoms with E-state index in [2.05, 4.69) is 11.9 Å². The highest BCUT2D eigenvalue weighted by atomic mass is 16.5. The Morgan fingerprint density at radius 3 is 2.39 bits per heavy atom. The lowest BCUT2D eigenvalue weighted by molar-refractivity contribution is -0.122. The second-order valence-electron chi connectivity index (χ2n) is 6.39. The van der Waals surface area contributed by atoms with Crippen molar-refractivity contribution >= 4 is 29.6 Å². The number of barbiturate groups is 1. The minimum atomic E-state index is -0.825. The fourth-order valence-corrected chi connectivity index (χ4v) is 2.94. The number of hydrogen-bond acceptors (Lipinski definition) is 6. The zero-order valence-corrected chi connectivity index (χ0v) is 17.2. The fourth-order valence-electron chi connectivity index (χ4n) is 2.94. The molecule has 0 atom stereocenters. The lowest BCUT2D eigenvalue weighted by atomic mass is 10.1. The quantitative estimate of drug-likeness (QED) is 0.398. The molecule has 0 spiro atoms. The second-order valence-corrected chi connectivity index (χ2v) is 6.39. The van der Waals surface area contributed by atoms with E-state index in [1.54, 1.807) is 48.5 Å². The fraction of sp³-hybridized carbons (Fsp3) is 0.174. The summed E-state index contributed by atoms with van der Waals surface area (Å²) in [7, 11) is 1.52. The van der Waals surface area contributed by atoms with Crippen molar-refractivity contribution in [2.75, 3.05) is 25.2 Å². The molecule has 8 heteroatoms. The van der Waals surface area contributed by atoms with Gasteiger partial charge in [0.2, 0.25) is 0 Å². The average Bonchev–Trinajstić information content (AvgIpc) is 2.76. The number of imide groups is 2. The first-order valence-electron chi connectivity index (χ1n) is 9.54. The topological polar surface area (TPSA) is 94.2 Å². The zero-order valence-electron chi connectivity index (χ0n) is 17.2. The normalized spacial score (nSPS) is 15.0. The van der Waals surface area contributed by atoms with Gasteiger partial charge in [-0.3, -0.25) is 14.9 Å². The Labute approximate surface area is 179 Å². The molecule has 1 heterocycles. The molecule has 31 heavy (non-hydrogen) atoms. The Hall–Kier alpha value is -4.07. The summed E-state index contributed by atoms with van der Waals surface area (Å²) in [4.78, 5) is 38.8. The van der Waals surface area contributed by atoms with Crippen LogP contribution in [0.5, 0.6) is 17.2 Å². The van der Waals surface area contributed by atoms with E-state index in [9.17, 15) is 14.4 Å². The van der Waals surface area contributed by atoms with E-state index < -0.39 is 17.8 Å². The van der Waals surface area contributed by atoms with E-state index >= 15 is 0 Å². The van der Waals surface area contributed by atoms with Crippen molar-refractivity contribution in [3.63, 3.8) is 0 Å². The minimum Gasteiger partial charge on any atom is -0.497 e. The van der Waals surface area contributed by atoms with Crippen LogP contribution in [0.4, 0.5) is 10.5 Å². The van der Waals surface area contributed by atoms with Gasteiger partial charge in [-0.15, -0.1) is 0 Å². The molecule has 2 aromatic rings.